The molecule has 2 heterocycles. The lowest BCUT2D eigenvalue weighted by molar-refractivity contribution is -0.0833. The van der Waals surface area contributed by atoms with Crippen molar-refractivity contribution in [2.45, 2.75) is 17.3 Å². The summed E-state index contributed by atoms with van der Waals surface area (Å²) in [5.74, 6) is -0.391. The average molecular weight is 482 g/mol. The highest BCUT2D eigenvalue weighted by Crippen LogP contribution is 2.47. The van der Waals surface area contributed by atoms with E-state index in [1.807, 2.05) is 60.7 Å². The van der Waals surface area contributed by atoms with Gasteiger partial charge in [-0.3, -0.25) is 4.84 Å². The van der Waals surface area contributed by atoms with E-state index in [-0.39, 0.29) is 24.4 Å². The highest BCUT2D eigenvalue weighted by atomic mass is 19.1. The van der Waals surface area contributed by atoms with E-state index in [1.165, 1.54) is 6.07 Å². The van der Waals surface area contributed by atoms with Crippen LogP contribution in [0.3, 0.4) is 0 Å². The fraction of sp³-hybridized carbons (Fsp3) is 0.226. The number of hydroxylamine groups is 1. The topological polar surface area (TPSA) is 39.7 Å². The summed E-state index contributed by atoms with van der Waals surface area (Å²) in [4.78, 5) is 5.98. The zero-order valence-corrected chi connectivity index (χ0v) is 19.8. The standard InChI is InChI=1S/C31H28FNO3/c32-28-19-11-10-18-26(28)30-22-34-29(27(30)20-33-36-30)21-35-31(23-12-4-1-5-13-23,24-14-6-2-7-15-24)25-16-8-3-9-17-25/h1-19,27,29,33H,20-22H2. The first-order chi connectivity index (χ1) is 17.7. The van der Waals surface area contributed by atoms with E-state index in [1.54, 1.807) is 12.1 Å². The number of nitrogens with one attached hydrogen (secondary N) is 1. The van der Waals surface area contributed by atoms with Crippen molar-refractivity contribution in [1.29, 1.82) is 0 Å². The summed E-state index contributed by atoms with van der Waals surface area (Å²) in [6, 6.07) is 37.6. The second-order valence-electron chi connectivity index (χ2n) is 9.37. The SMILES string of the molecule is Fc1ccccc1C12COC(COC(c3ccccc3)(c3ccccc3)c3ccccc3)C1CNO2. The van der Waals surface area contributed by atoms with Crippen LogP contribution in [0, 0.1) is 11.7 Å². The largest absolute Gasteiger partial charge is 0.372 e. The van der Waals surface area contributed by atoms with Crippen LogP contribution in [-0.2, 0) is 25.5 Å². The van der Waals surface area contributed by atoms with Gasteiger partial charge < -0.3 is 9.47 Å². The third-order valence-corrected chi connectivity index (χ3v) is 7.45. The van der Waals surface area contributed by atoms with Gasteiger partial charge in [-0.15, -0.1) is 0 Å². The van der Waals surface area contributed by atoms with Gasteiger partial charge in [0.15, 0.2) is 0 Å². The van der Waals surface area contributed by atoms with E-state index >= 15 is 0 Å². The molecule has 0 aromatic heterocycles. The number of rotatable bonds is 7. The Kier molecular flexibility index (Phi) is 6.15. The van der Waals surface area contributed by atoms with E-state index in [9.17, 15) is 4.39 Å². The van der Waals surface area contributed by atoms with Crippen LogP contribution in [0.25, 0.3) is 0 Å². The molecule has 4 aromatic rings. The van der Waals surface area contributed by atoms with Crippen molar-refractivity contribution >= 4 is 0 Å². The second-order valence-corrected chi connectivity index (χ2v) is 9.37. The van der Waals surface area contributed by atoms with Gasteiger partial charge >= 0.3 is 0 Å². The van der Waals surface area contributed by atoms with Crippen molar-refractivity contribution < 1.29 is 18.7 Å². The highest BCUT2D eigenvalue weighted by molar-refractivity contribution is 5.47. The van der Waals surface area contributed by atoms with Crippen LogP contribution in [0.2, 0.25) is 0 Å². The molecule has 36 heavy (non-hydrogen) atoms. The second kappa shape index (κ2) is 9.60. The highest BCUT2D eigenvalue weighted by Gasteiger charge is 2.57. The summed E-state index contributed by atoms with van der Waals surface area (Å²) in [6.07, 6.45) is -0.282. The minimum absolute atomic E-state index is 0.102. The molecule has 3 atom stereocenters. The van der Waals surface area contributed by atoms with Crippen LogP contribution in [0.5, 0.6) is 0 Å². The summed E-state index contributed by atoms with van der Waals surface area (Å²) >= 11 is 0. The lowest BCUT2D eigenvalue weighted by Crippen LogP contribution is -2.40. The van der Waals surface area contributed by atoms with Crippen LogP contribution in [0.15, 0.2) is 115 Å². The van der Waals surface area contributed by atoms with Crippen molar-refractivity contribution in [3.8, 4) is 0 Å². The Bertz CT molecular complexity index is 1200. The van der Waals surface area contributed by atoms with E-state index in [0.29, 0.717) is 18.7 Å². The maximum absolute atomic E-state index is 14.8. The Morgan fingerprint density at radius 1 is 0.778 bits per heavy atom. The summed E-state index contributed by atoms with van der Waals surface area (Å²) in [5.41, 5.74) is 4.89. The van der Waals surface area contributed by atoms with Crippen molar-refractivity contribution in [1.82, 2.24) is 5.48 Å². The van der Waals surface area contributed by atoms with Gasteiger partial charge in [0.05, 0.1) is 19.3 Å². The lowest BCUT2D eigenvalue weighted by Gasteiger charge is -2.37. The van der Waals surface area contributed by atoms with Crippen molar-refractivity contribution in [2.24, 2.45) is 5.92 Å². The molecule has 3 unspecified atom stereocenters. The molecule has 1 N–H and O–H groups in total. The fourth-order valence-corrected chi connectivity index (χ4v) is 5.69. The third-order valence-electron chi connectivity index (χ3n) is 7.45. The zero-order chi connectivity index (χ0) is 24.4. The molecule has 2 fully saturated rings. The first kappa shape index (κ1) is 23.1. The summed E-state index contributed by atoms with van der Waals surface area (Å²) in [5, 5.41) is 0. The monoisotopic (exact) mass is 481 g/mol. The van der Waals surface area contributed by atoms with E-state index in [4.69, 9.17) is 14.3 Å². The van der Waals surface area contributed by atoms with E-state index < -0.39 is 11.2 Å². The van der Waals surface area contributed by atoms with Gasteiger partial charge in [-0.25, -0.2) is 9.87 Å². The van der Waals surface area contributed by atoms with Crippen molar-refractivity contribution in [3.05, 3.63) is 143 Å². The van der Waals surface area contributed by atoms with Gasteiger partial charge in [0, 0.05) is 18.0 Å². The minimum atomic E-state index is -0.881. The van der Waals surface area contributed by atoms with Gasteiger partial charge in [-0.05, 0) is 22.8 Å². The molecule has 0 radical (unpaired) electrons. The molecule has 2 saturated heterocycles. The molecule has 0 bridgehead atoms. The number of hydrogen-bond donors (Lipinski definition) is 1. The molecule has 5 heteroatoms. The summed E-state index contributed by atoms with van der Waals surface area (Å²) in [7, 11) is 0. The Morgan fingerprint density at radius 2 is 1.31 bits per heavy atom. The maximum atomic E-state index is 14.8. The van der Waals surface area contributed by atoms with Gasteiger partial charge in [0.1, 0.15) is 17.0 Å². The quantitative estimate of drug-likeness (QED) is 0.350. The van der Waals surface area contributed by atoms with Crippen LogP contribution in [0.4, 0.5) is 4.39 Å². The Hall–Kier alpha value is -3.35. The molecule has 4 aromatic carbocycles. The number of benzene rings is 4. The molecule has 2 aliphatic heterocycles. The van der Waals surface area contributed by atoms with Crippen molar-refractivity contribution in [3.63, 3.8) is 0 Å². The molecule has 0 spiro atoms. The maximum Gasteiger partial charge on any atom is 0.147 e. The molecule has 0 aliphatic carbocycles. The lowest BCUT2D eigenvalue weighted by atomic mass is 9.79. The molecule has 6 rings (SSSR count). The van der Waals surface area contributed by atoms with Gasteiger partial charge in [0.25, 0.3) is 0 Å². The Labute approximate surface area is 210 Å². The molecule has 0 amide bonds. The Morgan fingerprint density at radius 3 is 1.86 bits per heavy atom. The van der Waals surface area contributed by atoms with Crippen LogP contribution in [-0.4, -0.2) is 25.9 Å². The summed E-state index contributed by atoms with van der Waals surface area (Å²) in [6.45, 7) is 1.12. The van der Waals surface area contributed by atoms with Crippen molar-refractivity contribution in [2.75, 3.05) is 19.8 Å². The number of halogens is 1. The van der Waals surface area contributed by atoms with Gasteiger partial charge in [0.2, 0.25) is 0 Å². The number of hydrogen-bond acceptors (Lipinski definition) is 4. The first-order valence-electron chi connectivity index (χ1n) is 12.3. The minimum Gasteiger partial charge on any atom is -0.372 e. The summed E-state index contributed by atoms with van der Waals surface area (Å²) < 4.78 is 28.1. The molecule has 0 saturated carbocycles. The smallest absolute Gasteiger partial charge is 0.147 e. The molecular weight excluding hydrogens is 453 g/mol. The predicted octanol–water partition coefficient (Wildman–Crippen LogP) is 5.58. The first-order valence-corrected chi connectivity index (χ1v) is 12.3. The van der Waals surface area contributed by atoms with Gasteiger partial charge in [-0.2, -0.15) is 0 Å². The van der Waals surface area contributed by atoms with Crippen LogP contribution >= 0.6 is 0 Å². The third kappa shape index (κ3) is 3.76. The molecule has 182 valence electrons. The van der Waals surface area contributed by atoms with E-state index in [0.717, 1.165) is 16.7 Å². The molecular formula is C31H28FNO3. The fourth-order valence-electron chi connectivity index (χ4n) is 5.69. The van der Waals surface area contributed by atoms with Crippen LogP contribution in [0.1, 0.15) is 22.3 Å². The molecule has 4 nitrogen and oxygen atoms in total. The Balaban J connectivity index is 1.39. The molecule has 2 aliphatic rings. The zero-order valence-electron chi connectivity index (χ0n) is 19.8. The predicted molar refractivity (Wildman–Crippen MR) is 136 cm³/mol. The number of ether oxygens (including phenoxy) is 2. The normalized spacial score (nSPS) is 23.5. The van der Waals surface area contributed by atoms with Crippen LogP contribution < -0.4 is 5.48 Å². The van der Waals surface area contributed by atoms with E-state index in [2.05, 4.69) is 41.9 Å². The average Bonchev–Trinajstić information content (AvgIpc) is 3.52. The number of fused-ring (bicyclic) bond motifs is 1. The van der Waals surface area contributed by atoms with Gasteiger partial charge in [-0.1, -0.05) is 109 Å².